The minimum atomic E-state index is -0.274. The number of anilines is 2. The molecule has 0 saturated carbocycles. The third-order valence-corrected chi connectivity index (χ3v) is 5.66. The van der Waals surface area contributed by atoms with Crippen LogP contribution < -0.4 is 15.5 Å². The number of hydrogen-bond acceptors (Lipinski definition) is 5. The highest BCUT2D eigenvalue weighted by Gasteiger charge is 2.22. The van der Waals surface area contributed by atoms with Crippen molar-refractivity contribution in [3.8, 4) is 0 Å². The van der Waals surface area contributed by atoms with E-state index in [9.17, 15) is 9.18 Å². The second-order valence-electron chi connectivity index (χ2n) is 7.73. The number of carbonyl (C=O) groups is 1. The second-order valence-corrected chi connectivity index (χ2v) is 8.14. The molecule has 1 aromatic carbocycles. The molecule has 0 atom stereocenters. The van der Waals surface area contributed by atoms with Crippen LogP contribution in [0.1, 0.15) is 34.3 Å². The zero-order valence-electron chi connectivity index (χ0n) is 17.7. The van der Waals surface area contributed by atoms with E-state index in [2.05, 4.69) is 20.5 Å². The number of nitrogens with zero attached hydrogens (tertiary/aromatic N) is 3. The first kappa shape index (κ1) is 22.0. The topological polar surface area (TPSA) is 70.2 Å². The number of benzene rings is 1. The lowest BCUT2D eigenvalue weighted by Crippen LogP contribution is -2.26. The fraction of sp³-hybridized carbons (Fsp3) is 0.292. The Hall–Kier alpha value is -3.19. The molecule has 1 fully saturated rings. The van der Waals surface area contributed by atoms with Crippen molar-refractivity contribution in [3.63, 3.8) is 0 Å². The fourth-order valence-corrected chi connectivity index (χ4v) is 4.01. The van der Waals surface area contributed by atoms with E-state index in [1.165, 1.54) is 12.1 Å². The smallest absolute Gasteiger partial charge is 0.255 e. The highest BCUT2D eigenvalue weighted by Crippen LogP contribution is 2.31. The minimum absolute atomic E-state index is 0.265. The van der Waals surface area contributed by atoms with Crippen LogP contribution in [0.5, 0.6) is 0 Å². The first-order valence-corrected chi connectivity index (χ1v) is 11.1. The third kappa shape index (κ3) is 5.53. The SMILES string of the molecule is O=C(NCc1cccnc1)c1cc(Cl)c(N2CCCC2)nc1NCCc1cccc(F)c1. The minimum Gasteiger partial charge on any atom is -0.369 e. The van der Waals surface area contributed by atoms with Gasteiger partial charge in [0.15, 0.2) is 0 Å². The van der Waals surface area contributed by atoms with Gasteiger partial charge in [0.1, 0.15) is 17.5 Å². The first-order chi connectivity index (χ1) is 15.6. The van der Waals surface area contributed by atoms with Crippen LogP contribution in [-0.2, 0) is 13.0 Å². The molecule has 0 bridgehead atoms. The molecule has 0 unspecified atom stereocenters. The van der Waals surface area contributed by atoms with Crippen LogP contribution in [0.25, 0.3) is 0 Å². The van der Waals surface area contributed by atoms with Gasteiger partial charge < -0.3 is 15.5 Å². The van der Waals surface area contributed by atoms with E-state index < -0.39 is 0 Å². The number of hydrogen-bond donors (Lipinski definition) is 2. The molecule has 0 aliphatic carbocycles. The van der Waals surface area contributed by atoms with Crippen LogP contribution in [-0.4, -0.2) is 35.5 Å². The van der Waals surface area contributed by atoms with Crippen molar-refractivity contribution in [2.24, 2.45) is 0 Å². The van der Waals surface area contributed by atoms with Gasteiger partial charge in [0.25, 0.3) is 5.91 Å². The van der Waals surface area contributed by atoms with E-state index in [-0.39, 0.29) is 11.7 Å². The summed E-state index contributed by atoms with van der Waals surface area (Å²) in [7, 11) is 0. The van der Waals surface area contributed by atoms with Gasteiger partial charge in [0.2, 0.25) is 0 Å². The Morgan fingerprint density at radius 1 is 1.12 bits per heavy atom. The Morgan fingerprint density at radius 2 is 1.94 bits per heavy atom. The van der Waals surface area contributed by atoms with E-state index in [4.69, 9.17) is 16.6 Å². The van der Waals surface area contributed by atoms with Gasteiger partial charge in [-0.3, -0.25) is 9.78 Å². The molecule has 3 aromatic rings. The molecule has 1 amide bonds. The normalized spacial score (nSPS) is 13.2. The summed E-state index contributed by atoms with van der Waals surface area (Å²) in [5, 5.41) is 6.62. The maximum Gasteiger partial charge on any atom is 0.255 e. The third-order valence-electron chi connectivity index (χ3n) is 5.38. The van der Waals surface area contributed by atoms with Crippen molar-refractivity contribution in [2.75, 3.05) is 29.9 Å². The van der Waals surface area contributed by atoms with Crippen LogP contribution in [0, 0.1) is 5.82 Å². The molecule has 6 nitrogen and oxygen atoms in total. The highest BCUT2D eigenvalue weighted by atomic mass is 35.5. The summed E-state index contributed by atoms with van der Waals surface area (Å²) in [6.07, 6.45) is 6.17. The summed E-state index contributed by atoms with van der Waals surface area (Å²) >= 11 is 6.53. The lowest BCUT2D eigenvalue weighted by Gasteiger charge is -2.21. The average molecular weight is 454 g/mol. The van der Waals surface area contributed by atoms with Crippen LogP contribution in [0.3, 0.4) is 0 Å². The molecular weight excluding hydrogens is 429 g/mol. The highest BCUT2D eigenvalue weighted by molar-refractivity contribution is 6.33. The van der Waals surface area contributed by atoms with Crippen LogP contribution in [0.4, 0.5) is 16.0 Å². The zero-order chi connectivity index (χ0) is 22.3. The zero-order valence-corrected chi connectivity index (χ0v) is 18.4. The second kappa shape index (κ2) is 10.4. The number of amides is 1. The summed E-state index contributed by atoms with van der Waals surface area (Å²) in [5.41, 5.74) is 2.14. The maximum absolute atomic E-state index is 13.5. The van der Waals surface area contributed by atoms with Crippen molar-refractivity contribution in [1.82, 2.24) is 15.3 Å². The maximum atomic E-state index is 13.5. The van der Waals surface area contributed by atoms with Gasteiger partial charge in [0, 0.05) is 38.6 Å². The Bertz CT molecular complexity index is 1070. The van der Waals surface area contributed by atoms with E-state index >= 15 is 0 Å². The van der Waals surface area contributed by atoms with Crippen LogP contribution in [0.2, 0.25) is 5.02 Å². The molecule has 4 rings (SSSR count). The van der Waals surface area contributed by atoms with Gasteiger partial charge in [-0.1, -0.05) is 29.8 Å². The molecule has 1 aliphatic rings. The summed E-state index contributed by atoms with van der Waals surface area (Å²) in [4.78, 5) is 23.9. The predicted octanol–water partition coefficient (Wildman–Crippen LogP) is 4.45. The first-order valence-electron chi connectivity index (χ1n) is 10.7. The quantitative estimate of drug-likeness (QED) is 0.527. The Balaban J connectivity index is 1.52. The van der Waals surface area contributed by atoms with Gasteiger partial charge in [0.05, 0.1) is 10.6 Å². The lowest BCUT2D eigenvalue weighted by atomic mass is 10.1. The molecule has 2 aromatic heterocycles. The molecule has 0 spiro atoms. The average Bonchev–Trinajstić information content (AvgIpc) is 3.33. The summed E-state index contributed by atoms with van der Waals surface area (Å²) in [6.45, 7) is 2.63. The van der Waals surface area contributed by atoms with Crippen LogP contribution in [0.15, 0.2) is 54.9 Å². The summed E-state index contributed by atoms with van der Waals surface area (Å²) in [6, 6.07) is 11.9. The van der Waals surface area contributed by atoms with Crippen LogP contribution >= 0.6 is 11.6 Å². The number of aromatic nitrogens is 2. The van der Waals surface area contributed by atoms with Gasteiger partial charge in [-0.25, -0.2) is 9.37 Å². The fourth-order valence-electron chi connectivity index (χ4n) is 3.74. The summed E-state index contributed by atoms with van der Waals surface area (Å²) < 4.78 is 13.5. The molecule has 32 heavy (non-hydrogen) atoms. The van der Waals surface area contributed by atoms with Gasteiger partial charge in [-0.15, -0.1) is 0 Å². The predicted molar refractivity (Wildman–Crippen MR) is 125 cm³/mol. The molecule has 1 saturated heterocycles. The Morgan fingerprint density at radius 3 is 2.69 bits per heavy atom. The largest absolute Gasteiger partial charge is 0.369 e. The molecule has 0 radical (unpaired) electrons. The standard InChI is InChI=1S/C24H25ClFN5O/c25-21-14-20(24(32)29-16-18-6-4-9-27-15-18)22(30-23(21)31-11-1-2-12-31)28-10-8-17-5-3-7-19(26)13-17/h3-7,9,13-15H,1-2,8,10-12,16H2,(H,28,30)(H,29,32). The number of nitrogens with one attached hydrogen (secondary N) is 2. The van der Waals surface area contributed by atoms with E-state index in [1.54, 1.807) is 24.5 Å². The number of halogens is 2. The molecular formula is C24H25ClFN5O. The Kier molecular flexibility index (Phi) is 7.17. The molecule has 3 heterocycles. The molecule has 8 heteroatoms. The van der Waals surface area contributed by atoms with E-state index in [0.717, 1.165) is 37.1 Å². The number of pyridine rings is 2. The Labute approximate surface area is 191 Å². The molecule has 1 aliphatic heterocycles. The number of rotatable bonds is 8. The van der Waals surface area contributed by atoms with Crippen molar-refractivity contribution in [2.45, 2.75) is 25.8 Å². The molecule has 2 N–H and O–H groups in total. The van der Waals surface area contributed by atoms with E-state index in [1.807, 2.05) is 18.2 Å². The van der Waals surface area contributed by atoms with Crippen molar-refractivity contribution in [1.29, 1.82) is 0 Å². The van der Waals surface area contributed by atoms with E-state index in [0.29, 0.717) is 41.7 Å². The molecule has 166 valence electrons. The van der Waals surface area contributed by atoms with Gasteiger partial charge in [-0.05, 0) is 54.7 Å². The van der Waals surface area contributed by atoms with Crippen molar-refractivity contribution >= 4 is 29.1 Å². The van der Waals surface area contributed by atoms with Gasteiger partial charge in [-0.2, -0.15) is 0 Å². The summed E-state index contributed by atoms with van der Waals surface area (Å²) in [5.74, 6) is 0.612. The van der Waals surface area contributed by atoms with Crippen molar-refractivity contribution in [3.05, 3.63) is 82.4 Å². The van der Waals surface area contributed by atoms with Gasteiger partial charge >= 0.3 is 0 Å². The monoisotopic (exact) mass is 453 g/mol. The number of carbonyl (C=O) groups excluding carboxylic acids is 1. The lowest BCUT2D eigenvalue weighted by molar-refractivity contribution is 0.0951. The van der Waals surface area contributed by atoms with Crippen molar-refractivity contribution < 1.29 is 9.18 Å².